The van der Waals surface area contributed by atoms with Crippen molar-refractivity contribution in [3.63, 3.8) is 0 Å². The van der Waals surface area contributed by atoms with Gasteiger partial charge in [-0.05, 0) is 67.8 Å². The Bertz CT molecular complexity index is 1180. The molecule has 0 saturated heterocycles. The Kier molecular flexibility index (Phi) is 6.54. The molecule has 1 aliphatic carbocycles. The average Bonchev–Trinajstić information content (AvgIpc) is 3.28. The predicted molar refractivity (Wildman–Crippen MR) is 127 cm³/mol. The lowest BCUT2D eigenvalue weighted by Gasteiger charge is -2.24. The van der Waals surface area contributed by atoms with Gasteiger partial charge in [0.15, 0.2) is 0 Å². The van der Waals surface area contributed by atoms with Gasteiger partial charge in [0.1, 0.15) is 30.3 Å². The number of esters is 1. The molecule has 33 heavy (non-hydrogen) atoms. The molecular weight excluding hydrogens is 418 g/mol. The van der Waals surface area contributed by atoms with Crippen LogP contribution >= 0.6 is 0 Å². The van der Waals surface area contributed by atoms with Gasteiger partial charge in [0.2, 0.25) is 0 Å². The first-order valence-electron chi connectivity index (χ1n) is 11.2. The number of amides is 1. The molecular formula is C27H29NO5. The third-order valence-corrected chi connectivity index (χ3v) is 5.91. The van der Waals surface area contributed by atoms with Gasteiger partial charge in [0, 0.05) is 5.39 Å². The molecule has 0 aromatic heterocycles. The summed E-state index contributed by atoms with van der Waals surface area (Å²) in [5.74, 6) is 0.353. The van der Waals surface area contributed by atoms with Gasteiger partial charge >= 0.3 is 5.97 Å². The summed E-state index contributed by atoms with van der Waals surface area (Å²) in [6, 6.07) is 17.5. The number of aryl methyl sites for hydroxylation is 2. The molecule has 3 aromatic carbocycles. The number of benzene rings is 3. The highest BCUT2D eigenvalue weighted by molar-refractivity contribution is 6.05. The molecule has 0 atom stereocenters. The maximum absolute atomic E-state index is 13.1. The molecule has 0 unspecified atom stereocenters. The van der Waals surface area contributed by atoms with E-state index in [9.17, 15) is 9.59 Å². The summed E-state index contributed by atoms with van der Waals surface area (Å²) in [7, 11) is 1.29. The fourth-order valence-electron chi connectivity index (χ4n) is 4.18. The van der Waals surface area contributed by atoms with Crippen molar-refractivity contribution in [2.24, 2.45) is 0 Å². The Labute approximate surface area is 193 Å². The van der Waals surface area contributed by atoms with E-state index in [4.69, 9.17) is 14.2 Å². The molecule has 0 radical (unpaired) electrons. The summed E-state index contributed by atoms with van der Waals surface area (Å²) in [5, 5.41) is 4.52. The average molecular weight is 448 g/mol. The van der Waals surface area contributed by atoms with Crippen LogP contribution in [0.3, 0.4) is 0 Å². The lowest BCUT2D eigenvalue weighted by Crippen LogP contribution is -2.50. The van der Waals surface area contributed by atoms with Crippen LogP contribution in [0.4, 0.5) is 0 Å². The van der Waals surface area contributed by atoms with Crippen LogP contribution in [-0.4, -0.2) is 37.7 Å². The lowest BCUT2D eigenvalue weighted by molar-refractivity contribution is -0.146. The minimum atomic E-state index is -1.18. The summed E-state index contributed by atoms with van der Waals surface area (Å²) in [6.07, 6.45) is 3.43. The van der Waals surface area contributed by atoms with Crippen LogP contribution in [0, 0.1) is 0 Å². The number of fused-ring (bicyclic) bond motifs is 2. The topological polar surface area (TPSA) is 73.9 Å². The second kappa shape index (κ2) is 9.53. The summed E-state index contributed by atoms with van der Waals surface area (Å²) >= 11 is 0. The van der Waals surface area contributed by atoms with E-state index in [1.807, 2.05) is 36.4 Å². The molecule has 0 aliphatic heterocycles. The quantitative estimate of drug-likeness (QED) is 0.407. The van der Waals surface area contributed by atoms with Gasteiger partial charge in [0.25, 0.3) is 5.91 Å². The highest BCUT2D eigenvalue weighted by Gasteiger charge is 2.32. The smallest absolute Gasteiger partial charge is 0.330 e. The van der Waals surface area contributed by atoms with Crippen molar-refractivity contribution in [1.29, 1.82) is 0 Å². The van der Waals surface area contributed by atoms with Crippen LogP contribution in [0.25, 0.3) is 10.8 Å². The summed E-state index contributed by atoms with van der Waals surface area (Å²) in [5.41, 5.74) is 1.93. The zero-order valence-electron chi connectivity index (χ0n) is 19.3. The van der Waals surface area contributed by atoms with Crippen molar-refractivity contribution in [1.82, 2.24) is 5.32 Å². The molecule has 0 fully saturated rings. The number of nitrogens with one attached hydrogen (secondary N) is 1. The number of hydrogen-bond acceptors (Lipinski definition) is 5. The zero-order chi connectivity index (χ0) is 23.4. The fraction of sp³-hybridized carbons (Fsp3) is 0.333. The second-order valence-electron chi connectivity index (χ2n) is 8.72. The van der Waals surface area contributed by atoms with E-state index in [1.165, 1.54) is 24.7 Å². The monoisotopic (exact) mass is 447 g/mol. The highest BCUT2D eigenvalue weighted by Crippen LogP contribution is 2.31. The molecule has 172 valence electrons. The molecule has 0 spiro atoms. The third-order valence-electron chi connectivity index (χ3n) is 5.91. The normalized spacial score (nSPS) is 12.8. The fourth-order valence-corrected chi connectivity index (χ4v) is 4.18. The molecule has 1 amide bonds. The van der Waals surface area contributed by atoms with E-state index in [0.29, 0.717) is 17.9 Å². The van der Waals surface area contributed by atoms with Crippen molar-refractivity contribution < 1.29 is 23.8 Å². The second-order valence-corrected chi connectivity index (χ2v) is 8.72. The molecule has 0 bridgehead atoms. The van der Waals surface area contributed by atoms with Gasteiger partial charge in [-0.3, -0.25) is 4.79 Å². The van der Waals surface area contributed by atoms with Crippen molar-refractivity contribution in [3.05, 3.63) is 71.3 Å². The van der Waals surface area contributed by atoms with Gasteiger partial charge in [-0.1, -0.05) is 36.4 Å². The third kappa shape index (κ3) is 4.95. The number of hydrogen-bond donors (Lipinski definition) is 1. The lowest BCUT2D eigenvalue weighted by atomic mass is 10.0. The first-order valence-corrected chi connectivity index (χ1v) is 11.2. The molecule has 4 rings (SSSR count). The number of methoxy groups -OCH3 is 1. The minimum absolute atomic E-state index is 0.270. The number of ether oxygens (including phenoxy) is 3. The Morgan fingerprint density at radius 2 is 1.70 bits per heavy atom. The van der Waals surface area contributed by atoms with Crippen LogP contribution in [-0.2, 0) is 22.4 Å². The van der Waals surface area contributed by atoms with Gasteiger partial charge in [0.05, 0.1) is 12.7 Å². The first-order chi connectivity index (χ1) is 15.9. The molecule has 3 aromatic rings. The minimum Gasteiger partial charge on any atom is -0.490 e. The van der Waals surface area contributed by atoms with Gasteiger partial charge in [-0.25, -0.2) is 4.79 Å². The first kappa shape index (κ1) is 22.6. The van der Waals surface area contributed by atoms with E-state index in [-0.39, 0.29) is 6.61 Å². The van der Waals surface area contributed by atoms with Gasteiger partial charge < -0.3 is 19.5 Å². The van der Waals surface area contributed by atoms with E-state index in [2.05, 4.69) is 17.4 Å². The van der Waals surface area contributed by atoms with Gasteiger partial charge in [-0.15, -0.1) is 0 Å². The molecule has 0 heterocycles. The zero-order valence-corrected chi connectivity index (χ0v) is 19.3. The largest absolute Gasteiger partial charge is 0.490 e. The van der Waals surface area contributed by atoms with Crippen LogP contribution in [0.1, 0.15) is 41.8 Å². The van der Waals surface area contributed by atoms with E-state index in [0.717, 1.165) is 29.4 Å². The van der Waals surface area contributed by atoms with Crippen molar-refractivity contribution >= 4 is 22.6 Å². The molecule has 1 N–H and O–H groups in total. The maximum Gasteiger partial charge on any atom is 0.330 e. The molecule has 6 nitrogen and oxygen atoms in total. The van der Waals surface area contributed by atoms with Crippen LogP contribution in [0.2, 0.25) is 0 Å². The summed E-state index contributed by atoms with van der Waals surface area (Å²) in [6.45, 7) is 3.81. The Balaban J connectivity index is 1.50. The van der Waals surface area contributed by atoms with Crippen molar-refractivity contribution in [2.75, 3.05) is 20.3 Å². The van der Waals surface area contributed by atoms with Gasteiger partial charge in [-0.2, -0.15) is 0 Å². The SMILES string of the molecule is COC(=O)C(C)(C)NC(=O)c1ccc2ccccc2c1OCCOc1ccc2c(c1)CCC2. The Hall–Kier alpha value is -3.54. The standard InChI is InChI=1S/C27H29NO5/c1-27(2,26(30)31-3)28-25(29)23-14-12-19-7-4-5-10-22(19)24(23)33-16-15-32-21-13-11-18-8-6-9-20(18)17-21/h4-5,7,10-14,17H,6,8-9,15-16H2,1-3H3,(H,28,29). The highest BCUT2D eigenvalue weighted by atomic mass is 16.5. The van der Waals surface area contributed by atoms with Crippen LogP contribution in [0.5, 0.6) is 11.5 Å². The number of carbonyl (C=O) groups is 2. The molecule has 0 saturated carbocycles. The van der Waals surface area contributed by atoms with Crippen LogP contribution in [0.15, 0.2) is 54.6 Å². The molecule has 6 heteroatoms. The van der Waals surface area contributed by atoms with Crippen molar-refractivity contribution in [2.45, 2.75) is 38.6 Å². The van der Waals surface area contributed by atoms with E-state index in [1.54, 1.807) is 19.9 Å². The molecule has 1 aliphatic rings. The summed E-state index contributed by atoms with van der Waals surface area (Å²) < 4.78 is 16.8. The Morgan fingerprint density at radius 1 is 0.939 bits per heavy atom. The Morgan fingerprint density at radius 3 is 2.52 bits per heavy atom. The summed E-state index contributed by atoms with van der Waals surface area (Å²) in [4.78, 5) is 25.1. The number of rotatable bonds is 8. The van der Waals surface area contributed by atoms with Crippen LogP contribution < -0.4 is 14.8 Å². The number of carbonyl (C=O) groups excluding carboxylic acids is 2. The van der Waals surface area contributed by atoms with E-state index >= 15 is 0 Å². The van der Waals surface area contributed by atoms with E-state index < -0.39 is 17.4 Å². The maximum atomic E-state index is 13.1. The predicted octanol–water partition coefficient (Wildman–Crippen LogP) is 4.47. The van der Waals surface area contributed by atoms with Crippen molar-refractivity contribution in [3.8, 4) is 11.5 Å².